The van der Waals surface area contributed by atoms with Crippen molar-refractivity contribution >= 4 is 11.9 Å². The van der Waals surface area contributed by atoms with E-state index in [4.69, 9.17) is 10.8 Å². The zero-order valence-electron chi connectivity index (χ0n) is 12.1. The van der Waals surface area contributed by atoms with Crippen molar-refractivity contribution in [1.29, 1.82) is 0 Å². The molecule has 0 unspecified atom stereocenters. The van der Waals surface area contributed by atoms with Crippen LogP contribution in [0.25, 0.3) is 0 Å². The number of hydrogen-bond donors (Lipinski definition) is 3. The zero-order valence-corrected chi connectivity index (χ0v) is 12.1. The van der Waals surface area contributed by atoms with Crippen LogP contribution in [0, 0.1) is 0 Å². The molecule has 0 spiro atoms. The lowest BCUT2D eigenvalue weighted by atomic mass is 9.92. The maximum absolute atomic E-state index is 12.3. The molecular weight excluding hydrogens is 268 g/mol. The van der Waals surface area contributed by atoms with Crippen LogP contribution in [0.5, 0.6) is 0 Å². The van der Waals surface area contributed by atoms with Gasteiger partial charge in [-0.3, -0.25) is 9.59 Å². The standard InChI is InChI=1S/C16H22N2O3/c17-10-7-12-3-5-13(6-4-12)15(21)18-16(11-14(19)20)8-1-2-9-16/h3-6H,1-2,7-11,17H2,(H,18,21)(H,19,20). The van der Waals surface area contributed by atoms with E-state index in [1.165, 1.54) is 0 Å². The maximum Gasteiger partial charge on any atom is 0.305 e. The summed E-state index contributed by atoms with van der Waals surface area (Å²) in [4.78, 5) is 23.4. The van der Waals surface area contributed by atoms with Gasteiger partial charge in [-0.2, -0.15) is 0 Å². The number of amides is 1. The van der Waals surface area contributed by atoms with E-state index in [2.05, 4.69) is 5.32 Å². The summed E-state index contributed by atoms with van der Waals surface area (Å²) < 4.78 is 0. The highest BCUT2D eigenvalue weighted by Crippen LogP contribution is 2.33. The number of carbonyl (C=O) groups excluding carboxylic acids is 1. The minimum atomic E-state index is -0.865. The summed E-state index contributed by atoms with van der Waals surface area (Å²) in [6.45, 7) is 0.577. The van der Waals surface area contributed by atoms with E-state index in [9.17, 15) is 9.59 Å². The molecule has 5 heteroatoms. The van der Waals surface area contributed by atoms with Gasteiger partial charge >= 0.3 is 5.97 Å². The van der Waals surface area contributed by atoms with Crippen LogP contribution in [-0.2, 0) is 11.2 Å². The third-order valence-electron chi connectivity index (χ3n) is 4.08. The van der Waals surface area contributed by atoms with Gasteiger partial charge in [0.05, 0.1) is 12.0 Å². The van der Waals surface area contributed by atoms with Crippen molar-refractivity contribution in [3.05, 3.63) is 35.4 Å². The molecule has 2 rings (SSSR count). The molecule has 0 radical (unpaired) electrons. The molecule has 114 valence electrons. The average molecular weight is 290 g/mol. The number of carbonyl (C=O) groups is 2. The molecule has 1 aliphatic carbocycles. The fraction of sp³-hybridized carbons (Fsp3) is 0.500. The number of carboxylic acid groups (broad SMARTS) is 1. The number of nitrogens with two attached hydrogens (primary N) is 1. The summed E-state index contributed by atoms with van der Waals surface area (Å²) in [7, 11) is 0. The lowest BCUT2D eigenvalue weighted by Crippen LogP contribution is -2.47. The van der Waals surface area contributed by atoms with E-state index in [1.54, 1.807) is 12.1 Å². The quantitative estimate of drug-likeness (QED) is 0.743. The van der Waals surface area contributed by atoms with Crippen LogP contribution in [-0.4, -0.2) is 29.1 Å². The third-order valence-corrected chi connectivity index (χ3v) is 4.08. The van der Waals surface area contributed by atoms with Crippen LogP contribution in [0.2, 0.25) is 0 Å². The number of nitrogens with one attached hydrogen (secondary N) is 1. The Bertz CT molecular complexity index is 505. The van der Waals surface area contributed by atoms with Gasteiger partial charge in [0, 0.05) is 5.56 Å². The molecule has 0 bridgehead atoms. The molecule has 1 aromatic carbocycles. The Kier molecular flexibility index (Phi) is 4.96. The van der Waals surface area contributed by atoms with Crippen molar-refractivity contribution in [2.75, 3.05) is 6.54 Å². The Morgan fingerprint density at radius 2 is 1.81 bits per heavy atom. The van der Waals surface area contributed by atoms with E-state index >= 15 is 0 Å². The SMILES string of the molecule is NCCc1ccc(C(=O)NC2(CC(=O)O)CCCC2)cc1. The summed E-state index contributed by atoms with van der Waals surface area (Å²) in [5.74, 6) is -1.06. The minimum absolute atomic E-state index is 0.00992. The number of hydrogen-bond acceptors (Lipinski definition) is 3. The van der Waals surface area contributed by atoms with Crippen molar-refractivity contribution in [2.24, 2.45) is 5.73 Å². The molecule has 0 aromatic heterocycles. The highest BCUT2D eigenvalue weighted by atomic mass is 16.4. The average Bonchev–Trinajstić information content (AvgIpc) is 2.87. The summed E-state index contributed by atoms with van der Waals surface area (Å²) in [5, 5.41) is 12.0. The summed E-state index contributed by atoms with van der Waals surface area (Å²) >= 11 is 0. The zero-order chi connectivity index (χ0) is 15.3. The maximum atomic E-state index is 12.3. The van der Waals surface area contributed by atoms with Gasteiger partial charge < -0.3 is 16.2 Å². The van der Waals surface area contributed by atoms with Crippen molar-refractivity contribution < 1.29 is 14.7 Å². The molecule has 1 amide bonds. The monoisotopic (exact) mass is 290 g/mol. The lowest BCUT2D eigenvalue weighted by Gasteiger charge is -2.28. The molecule has 5 nitrogen and oxygen atoms in total. The molecule has 0 saturated heterocycles. The predicted molar refractivity (Wildman–Crippen MR) is 80.1 cm³/mol. The van der Waals surface area contributed by atoms with Gasteiger partial charge in [-0.25, -0.2) is 0 Å². The van der Waals surface area contributed by atoms with E-state index in [0.29, 0.717) is 12.1 Å². The van der Waals surface area contributed by atoms with Crippen molar-refractivity contribution in [3.8, 4) is 0 Å². The number of benzene rings is 1. The Morgan fingerprint density at radius 3 is 2.33 bits per heavy atom. The molecule has 0 atom stereocenters. The van der Waals surface area contributed by atoms with Gasteiger partial charge in [0.2, 0.25) is 0 Å². The van der Waals surface area contributed by atoms with Crippen LogP contribution >= 0.6 is 0 Å². The lowest BCUT2D eigenvalue weighted by molar-refractivity contribution is -0.138. The van der Waals surface area contributed by atoms with Gasteiger partial charge in [0.1, 0.15) is 0 Å². The predicted octanol–water partition coefficient (Wildman–Crippen LogP) is 1.71. The Balaban J connectivity index is 2.06. The van der Waals surface area contributed by atoms with Gasteiger partial charge in [0.15, 0.2) is 0 Å². The van der Waals surface area contributed by atoms with Crippen LogP contribution < -0.4 is 11.1 Å². The van der Waals surface area contributed by atoms with Crippen LogP contribution in [0.3, 0.4) is 0 Å². The molecule has 0 aliphatic heterocycles. The number of aliphatic carboxylic acids is 1. The number of carboxylic acids is 1. The molecule has 1 aliphatic rings. The normalized spacial score (nSPS) is 16.6. The Labute approximate surface area is 124 Å². The molecule has 21 heavy (non-hydrogen) atoms. The fourth-order valence-electron chi connectivity index (χ4n) is 2.99. The van der Waals surface area contributed by atoms with E-state index in [0.717, 1.165) is 37.7 Å². The first kappa shape index (κ1) is 15.5. The molecule has 1 saturated carbocycles. The van der Waals surface area contributed by atoms with Crippen LogP contribution in [0.15, 0.2) is 24.3 Å². The van der Waals surface area contributed by atoms with Crippen molar-refractivity contribution in [2.45, 2.75) is 44.1 Å². The van der Waals surface area contributed by atoms with E-state index in [-0.39, 0.29) is 12.3 Å². The molecular formula is C16H22N2O3. The molecule has 1 fully saturated rings. The second kappa shape index (κ2) is 6.72. The highest BCUT2D eigenvalue weighted by Gasteiger charge is 2.37. The Hall–Kier alpha value is -1.88. The van der Waals surface area contributed by atoms with Gasteiger partial charge in [-0.05, 0) is 43.5 Å². The minimum Gasteiger partial charge on any atom is -0.481 e. The third kappa shape index (κ3) is 4.04. The number of rotatable bonds is 6. The van der Waals surface area contributed by atoms with Crippen LogP contribution in [0.1, 0.15) is 48.0 Å². The van der Waals surface area contributed by atoms with E-state index in [1.807, 2.05) is 12.1 Å². The first-order valence-corrected chi connectivity index (χ1v) is 7.38. The highest BCUT2D eigenvalue weighted by molar-refractivity contribution is 5.95. The first-order chi connectivity index (χ1) is 10.0. The van der Waals surface area contributed by atoms with Crippen molar-refractivity contribution in [1.82, 2.24) is 5.32 Å². The second-order valence-electron chi connectivity index (χ2n) is 5.75. The molecule has 4 N–H and O–H groups in total. The van der Waals surface area contributed by atoms with Crippen LogP contribution in [0.4, 0.5) is 0 Å². The summed E-state index contributed by atoms with van der Waals surface area (Å²) in [6, 6.07) is 7.31. The molecule has 0 heterocycles. The summed E-state index contributed by atoms with van der Waals surface area (Å²) in [6.07, 6.45) is 4.16. The molecule has 1 aromatic rings. The van der Waals surface area contributed by atoms with Gasteiger partial charge in [0.25, 0.3) is 5.91 Å². The Morgan fingerprint density at radius 1 is 1.19 bits per heavy atom. The smallest absolute Gasteiger partial charge is 0.305 e. The van der Waals surface area contributed by atoms with Crippen molar-refractivity contribution in [3.63, 3.8) is 0 Å². The van der Waals surface area contributed by atoms with Gasteiger partial charge in [-0.1, -0.05) is 25.0 Å². The van der Waals surface area contributed by atoms with Gasteiger partial charge in [-0.15, -0.1) is 0 Å². The fourth-order valence-corrected chi connectivity index (χ4v) is 2.99. The largest absolute Gasteiger partial charge is 0.481 e. The second-order valence-corrected chi connectivity index (χ2v) is 5.75. The topological polar surface area (TPSA) is 92.4 Å². The first-order valence-electron chi connectivity index (χ1n) is 7.38. The van der Waals surface area contributed by atoms with E-state index < -0.39 is 11.5 Å². The summed E-state index contributed by atoms with van der Waals surface area (Å²) in [5.41, 5.74) is 6.57.